The molecule has 2 atom stereocenters. The largest absolute Gasteiger partial charge is 0.386 e. The summed E-state index contributed by atoms with van der Waals surface area (Å²) < 4.78 is 0. The number of aliphatic hydroxyl groups excluding tert-OH is 2. The molecule has 1 aliphatic rings. The van der Waals surface area contributed by atoms with E-state index < -0.39 is 12.2 Å². The molecule has 0 bridgehead atoms. The van der Waals surface area contributed by atoms with Gasteiger partial charge in [-0.2, -0.15) is 0 Å². The van der Waals surface area contributed by atoms with Gasteiger partial charge in [0.2, 0.25) is 0 Å². The van der Waals surface area contributed by atoms with Crippen molar-refractivity contribution in [3.05, 3.63) is 22.2 Å². The van der Waals surface area contributed by atoms with E-state index in [-0.39, 0.29) is 10.1 Å². The third-order valence-corrected chi connectivity index (χ3v) is 1.97. The maximum Gasteiger partial charge on any atom is 0.103 e. The zero-order valence-electron chi connectivity index (χ0n) is 4.96. The van der Waals surface area contributed by atoms with Gasteiger partial charge in [0.1, 0.15) is 12.2 Å². The molecule has 0 aromatic carbocycles. The van der Waals surface area contributed by atoms with E-state index in [9.17, 15) is 0 Å². The van der Waals surface area contributed by atoms with Gasteiger partial charge >= 0.3 is 0 Å². The van der Waals surface area contributed by atoms with Gasteiger partial charge in [0, 0.05) is 0 Å². The van der Waals surface area contributed by atoms with Gasteiger partial charge in [0.25, 0.3) is 0 Å². The van der Waals surface area contributed by atoms with Gasteiger partial charge in [-0.1, -0.05) is 23.2 Å². The van der Waals surface area contributed by atoms with Crippen LogP contribution >= 0.6 is 23.2 Å². The van der Waals surface area contributed by atoms with Gasteiger partial charge in [-0.15, -0.1) is 0 Å². The summed E-state index contributed by atoms with van der Waals surface area (Å²) >= 11 is 11.0. The second-order valence-electron chi connectivity index (χ2n) is 2.01. The summed E-state index contributed by atoms with van der Waals surface area (Å²) in [5, 5.41) is 18.5. The summed E-state index contributed by atoms with van der Waals surface area (Å²) in [5.74, 6) is 0. The zero-order chi connectivity index (χ0) is 7.72. The quantitative estimate of drug-likeness (QED) is 0.584. The predicted molar refractivity (Wildman–Crippen MR) is 39.9 cm³/mol. The molecule has 0 aromatic rings. The SMILES string of the molecule is OC1C=C(Cl)C(Cl)=CC1O. The molecule has 56 valence electrons. The molecule has 0 aliphatic heterocycles. The molecule has 10 heavy (non-hydrogen) atoms. The van der Waals surface area contributed by atoms with Gasteiger partial charge in [0.15, 0.2) is 0 Å². The molecule has 0 saturated carbocycles. The van der Waals surface area contributed by atoms with Crippen LogP contribution in [0.5, 0.6) is 0 Å². The molecule has 2 N–H and O–H groups in total. The highest BCUT2D eigenvalue weighted by molar-refractivity contribution is 6.44. The first kappa shape index (κ1) is 8.08. The first-order chi connectivity index (χ1) is 4.61. The molecule has 1 rings (SSSR count). The van der Waals surface area contributed by atoms with Gasteiger partial charge < -0.3 is 10.2 Å². The van der Waals surface area contributed by atoms with Crippen molar-refractivity contribution < 1.29 is 10.2 Å². The van der Waals surface area contributed by atoms with Crippen molar-refractivity contribution in [3.63, 3.8) is 0 Å². The van der Waals surface area contributed by atoms with Gasteiger partial charge in [-0.3, -0.25) is 0 Å². The molecular formula is C6H6Cl2O2. The van der Waals surface area contributed by atoms with Crippen molar-refractivity contribution in [2.45, 2.75) is 12.2 Å². The highest BCUT2D eigenvalue weighted by atomic mass is 35.5. The Balaban J connectivity index is 2.83. The molecule has 2 nitrogen and oxygen atoms in total. The fourth-order valence-corrected chi connectivity index (χ4v) is 1.04. The smallest absolute Gasteiger partial charge is 0.103 e. The summed E-state index contributed by atoms with van der Waals surface area (Å²) in [6.07, 6.45) is 0.730. The molecule has 0 saturated heterocycles. The van der Waals surface area contributed by atoms with Crippen LogP contribution in [0.1, 0.15) is 0 Å². The standard InChI is InChI=1S/C6H6Cl2O2/c7-3-1-5(9)6(10)2-4(3)8/h1-2,5-6,9-10H. The fourth-order valence-electron chi connectivity index (χ4n) is 0.656. The van der Waals surface area contributed by atoms with Crippen molar-refractivity contribution >= 4 is 23.2 Å². The number of hydrogen-bond acceptors (Lipinski definition) is 2. The minimum atomic E-state index is -0.935. The Bertz CT molecular complexity index is 176. The molecule has 0 fully saturated rings. The Kier molecular flexibility index (Phi) is 2.36. The average molecular weight is 181 g/mol. The van der Waals surface area contributed by atoms with Crippen LogP contribution in [0.15, 0.2) is 22.2 Å². The summed E-state index contributed by atoms with van der Waals surface area (Å²) in [6.45, 7) is 0. The lowest BCUT2D eigenvalue weighted by atomic mass is 10.1. The monoisotopic (exact) mass is 180 g/mol. The van der Waals surface area contributed by atoms with Crippen LogP contribution in [0.25, 0.3) is 0 Å². The predicted octanol–water partition coefficient (Wildman–Crippen LogP) is 0.967. The zero-order valence-corrected chi connectivity index (χ0v) is 6.47. The van der Waals surface area contributed by atoms with Gasteiger partial charge in [-0.25, -0.2) is 0 Å². The van der Waals surface area contributed by atoms with Crippen molar-refractivity contribution in [3.8, 4) is 0 Å². The average Bonchev–Trinajstić information content (AvgIpc) is 1.84. The number of allylic oxidation sites excluding steroid dienone is 2. The van der Waals surface area contributed by atoms with Crippen LogP contribution in [-0.4, -0.2) is 22.4 Å². The molecule has 0 aromatic heterocycles. The van der Waals surface area contributed by atoms with Crippen LogP contribution in [0.2, 0.25) is 0 Å². The van der Waals surface area contributed by atoms with Crippen LogP contribution in [-0.2, 0) is 0 Å². The Labute approximate surface area is 68.4 Å². The number of aliphatic hydroxyl groups is 2. The van der Waals surface area contributed by atoms with E-state index in [2.05, 4.69) is 0 Å². The first-order valence-corrected chi connectivity index (χ1v) is 3.48. The maximum atomic E-state index is 8.95. The highest BCUT2D eigenvalue weighted by Crippen LogP contribution is 2.25. The summed E-state index contributed by atoms with van der Waals surface area (Å²) in [4.78, 5) is 0. The van der Waals surface area contributed by atoms with Crippen LogP contribution in [0.3, 0.4) is 0 Å². The van der Waals surface area contributed by atoms with E-state index in [0.717, 1.165) is 0 Å². The van der Waals surface area contributed by atoms with E-state index in [1.54, 1.807) is 0 Å². The topological polar surface area (TPSA) is 40.5 Å². The van der Waals surface area contributed by atoms with Gasteiger partial charge in [-0.05, 0) is 12.2 Å². The van der Waals surface area contributed by atoms with Crippen molar-refractivity contribution in [2.24, 2.45) is 0 Å². The van der Waals surface area contributed by atoms with Crippen LogP contribution in [0.4, 0.5) is 0 Å². The summed E-state index contributed by atoms with van der Waals surface area (Å²) in [6, 6.07) is 0. The van der Waals surface area contributed by atoms with E-state index >= 15 is 0 Å². The fraction of sp³-hybridized carbons (Fsp3) is 0.333. The Morgan fingerprint density at radius 3 is 1.60 bits per heavy atom. The van der Waals surface area contributed by atoms with E-state index in [4.69, 9.17) is 33.4 Å². The third-order valence-electron chi connectivity index (χ3n) is 1.21. The van der Waals surface area contributed by atoms with Crippen molar-refractivity contribution in [1.29, 1.82) is 0 Å². The number of rotatable bonds is 0. The lowest BCUT2D eigenvalue weighted by Gasteiger charge is -2.15. The van der Waals surface area contributed by atoms with E-state index in [1.807, 2.05) is 0 Å². The normalized spacial score (nSPS) is 33.2. The number of halogens is 2. The molecule has 0 radical (unpaired) electrons. The molecule has 0 heterocycles. The second kappa shape index (κ2) is 2.93. The van der Waals surface area contributed by atoms with Crippen LogP contribution in [0, 0.1) is 0 Å². The Morgan fingerprint density at radius 2 is 1.30 bits per heavy atom. The number of hydrogen-bond donors (Lipinski definition) is 2. The molecule has 1 aliphatic carbocycles. The lowest BCUT2D eigenvalue weighted by molar-refractivity contribution is 0.0789. The maximum absolute atomic E-state index is 8.95. The second-order valence-corrected chi connectivity index (χ2v) is 2.82. The third kappa shape index (κ3) is 1.52. The Hall–Kier alpha value is -0.0200. The van der Waals surface area contributed by atoms with E-state index in [0.29, 0.717) is 0 Å². The first-order valence-electron chi connectivity index (χ1n) is 2.72. The minimum Gasteiger partial charge on any atom is -0.386 e. The van der Waals surface area contributed by atoms with Crippen molar-refractivity contribution in [2.75, 3.05) is 0 Å². The van der Waals surface area contributed by atoms with Gasteiger partial charge in [0.05, 0.1) is 10.1 Å². The van der Waals surface area contributed by atoms with E-state index in [1.165, 1.54) is 12.2 Å². The lowest BCUT2D eigenvalue weighted by Crippen LogP contribution is -2.24. The minimum absolute atomic E-state index is 0.277. The molecule has 0 amide bonds. The highest BCUT2D eigenvalue weighted by Gasteiger charge is 2.18. The summed E-state index contributed by atoms with van der Waals surface area (Å²) in [5.41, 5.74) is 0. The molecule has 0 spiro atoms. The van der Waals surface area contributed by atoms with Crippen molar-refractivity contribution in [1.82, 2.24) is 0 Å². The molecule has 4 heteroatoms. The molecule has 2 unspecified atom stereocenters. The summed E-state index contributed by atoms with van der Waals surface area (Å²) in [7, 11) is 0. The molecular weight excluding hydrogens is 175 g/mol. The van der Waals surface area contributed by atoms with Crippen LogP contribution < -0.4 is 0 Å². The Morgan fingerprint density at radius 1 is 1.00 bits per heavy atom.